The lowest BCUT2D eigenvalue weighted by atomic mass is 10.0. The molecular weight excluding hydrogens is 445 g/mol. The monoisotopic (exact) mass is 463 g/mol. The molecule has 0 aliphatic rings. The minimum absolute atomic E-state index is 0.118. The van der Waals surface area contributed by atoms with Gasteiger partial charge >= 0.3 is 0 Å². The lowest BCUT2D eigenvalue weighted by Crippen LogP contribution is -2.38. The molecule has 0 saturated carbocycles. The Kier molecular flexibility index (Phi) is 7.53. The van der Waals surface area contributed by atoms with Gasteiger partial charge < -0.3 is 10.1 Å². The van der Waals surface area contributed by atoms with Crippen LogP contribution in [0.1, 0.15) is 27.4 Å². The molecule has 0 fully saturated rings. The normalized spacial score (nSPS) is 11.8. The predicted octanol–water partition coefficient (Wildman–Crippen LogP) is 5.77. The highest BCUT2D eigenvalue weighted by atomic mass is 35.5. The first-order valence-electron chi connectivity index (χ1n) is 9.24. The molecule has 1 N–H and O–H groups in total. The molecule has 0 aliphatic heterocycles. The Balaban J connectivity index is 1.80. The molecule has 1 atom stereocenters. The van der Waals surface area contributed by atoms with Gasteiger partial charge in [0.15, 0.2) is 11.4 Å². The van der Waals surface area contributed by atoms with Crippen LogP contribution >= 0.6 is 34.8 Å². The maximum absolute atomic E-state index is 13.0. The Labute approximate surface area is 190 Å². The summed E-state index contributed by atoms with van der Waals surface area (Å²) in [4.78, 5) is 21.4. The van der Waals surface area contributed by atoms with Crippen LogP contribution in [0.25, 0.3) is 0 Å². The summed E-state index contributed by atoms with van der Waals surface area (Å²) in [6, 6.07) is 12.3. The first-order chi connectivity index (χ1) is 14.4. The third-order valence-corrected chi connectivity index (χ3v) is 5.27. The van der Waals surface area contributed by atoms with Gasteiger partial charge in [0, 0.05) is 22.0 Å². The zero-order chi connectivity index (χ0) is 21.7. The largest absolute Gasteiger partial charge is 0.453 e. The molecule has 2 aromatic carbocycles. The Bertz CT molecular complexity index is 1060. The van der Waals surface area contributed by atoms with Gasteiger partial charge in [0.2, 0.25) is 0 Å². The Hall–Kier alpha value is -2.34. The average Bonchev–Trinajstić information content (AvgIpc) is 2.70. The van der Waals surface area contributed by atoms with Crippen molar-refractivity contribution in [2.75, 3.05) is 5.88 Å². The molecule has 0 bridgehead atoms. The third kappa shape index (κ3) is 5.85. The van der Waals surface area contributed by atoms with Crippen molar-refractivity contribution in [2.24, 2.45) is 0 Å². The number of amides is 1. The fourth-order valence-corrected chi connectivity index (χ4v) is 3.51. The van der Waals surface area contributed by atoms with Crippen molar-refractivity contribution in [3.05, 3.63) is 81.4 Å². The highest BCUT2D eigenvalue weighted by Gasteiger charge is 2.21. The highest BCUT2D eigenvalue weighted by molar-refractivity contribution is 6.31. The number of carbonyl (C=O) groups excluding carboxylic acids is 1. The summed E-state index contributed by atoms with van der Waals surface area (Å²) < 4.78 is 5.81. The molecule has 8 heteroatoms. The third-order valence-electron chi connectivity index (χ3n) is 4.31. The smallest absolute Gasteiger partial charge is 0.274 e. The second-order valence-corrected chi connectivity index (χ2v) is 7.97. The quantitative estimate of drug-likeness (QED) is 0.451. The molecule has 1 aromatic heterocycles. The van der Waals surface area contributed by atoms with Crippen LogP contribution in [-0.4, -0.2) is 27.8 Å². The van der Waals surface area contributed by atoms with Gasteiger partial charge in [0.05, 0.1) is 6.20 Å². The summed E-state index contributed by atoms with van der Waals surface area (Å²) in [6.45, 7) is 3.67. The van der Waals surface area contributed by atoms with Gasteiger partial charge in [-0.15, -0.1) is 11.6 Å². The van der Waals surface area contributed by atoms with Gasteiger partial charge in [-0.1, -0.05) is 41.4 Å². The fourth-order valence-electron chi connectivity index (χ4n) is 2.84. The van der Waals surface area contributed by atoms with Crippen molar-refractivity contribution < 1.29 is 9.53 Å². The van der Waals surface area contributed by atoms with E-state index >= 15 is 0 Å². The summed E-state index contributed by atoms with van der Waals surface area (Å²) in [5.41, 5.74) is 2.09. The van der Waals surface area contributed by atoms with Crippen LogP contribution in [0.15, 0.2) is 48.7 Å². The van der Waals surface area contributed by atoms with E-state index in [-0.39, 0.29) is 23.4 Å². The van der Waals surface area contributed by atoms with Gasteiger partial charge in [0.25, 0.3) is 5.91 Å². The zero-order valence-electron chi connectivity index (χ0n) is 16.5. The number of alkyl halides is 1. The molecule has 5 nitrogen and oxygen atoms in total. The van der Waals surface area contributed by atoms with E-state index in [0.717, 1.165) is 11.1 Å². The van der Waals surface area contributed by atoms with E-state index in [0.29, 0.717) is 28.0 Å². The van der Waals surface area contributed by atoms with Crippen molar-refractivity contribution in [2.45, 2.75) is 26.3 Å². The SMILES string of the molecule is Cc1ccc(C[C@H](CCl)NC(=O)c2nc(C)ncc2Oc2cccc(Cl)c2)c(Cl)c1. The van der Waals surface area contributed by atoms with E-state index in [4.69, 9.17) is 39.5 Å². The molecule has 0 saturated heterocycles. The Morgan fingerprint density at radius 3 is 2.67 bits per heavy atom. The van der Waals surface area contributed by atoms with Crippen LogP contribution in [0.5, 0.6) is 11.5 Å². The molecular formula is C22H20Cl3N3O2. The van der Waals surface area contributed by atoms with Crippen molar-refractivity contribution in [3.63, 3.8) is 0 Å². The van der Waals surface area contributed by atoms with Gasteiger partial charge in [-0.05, 0) is 55.7 Å². The van der Waals surface area contributed by atoms with Crippen LogP contribution < -0.4 is 10.1 Å². The van der Waals surface area contributed by atoms with E-state index in [1.807, 2.05) is 25.1 Å². The van der Waals surface area contributed by atoms with E-state index in [9.17, 15) is 4.79 Å². The molecule has 3 aromatic rings. The number of aromatic nitrogens is 2. The van der Waals surface area contributed by atoms with Crippen LogP contribution in [0.4, 0.5) is 0 Å². The number of hydrogen-bond donors (Lipinski definition) is 1. The molecule has 1 amide bonds. The van der Waals surface area contributed by atoms with Gasteiger partial charge in [0.1, 0.15) is 11.6 Å². The Morgan fingerprint density at radius 1 is 1.17 bits per heavy atom. The number of hydrogen-bond acceptors (Lipinski definition) is 4. The second-order valence-electron chi connectivity index (χ2n) is 6.81. The van der Waals surface area contributed by atoms with Gasteiger partial charge in [-0.3, -0.25) is 4.79 Å². The first kappa shape index (κ1) is 22.3. The number of carbonyl (C=O) groups is 1. The molecule has 0 aliphatic carbocycles. The van der Waals surface area contributed by atoms with Crippen LogP contribution in [-0.2, 0) is 6.42 Å². The molecule has 1 heterocycles. The summed E-state index contributed by atoms with van der Waals surface area (Å²) in [5, 5.41) is 4.07. The van der Waals surface area contributed by atoms with E-state index in [1.54, 1.807) is 31.2 Å². The van der Waals surface area contributed by atoms with Crippen molar-refractivity contribution >= 4 is 40.7 Å². The zero-order valence-corrected chi connectivity index (χ0v) is 18.7. The number of nitrogens with one attached hydrogen (secondary N) is 1. The topological polar surface area (TPSA) is 64.1 Å². The van der Waals surface area contributed by atoms with Crippen molar-refractivity contribution in [1.82, 2.24) is 15.3 Å². The minimum Gasteiger partial charge on any atom is -0.453 e. The fraction of sp³-hybridized carbons (Fsp3) is 0.227. The number of aryl methyl sites for hydroxylation is 2. The maximum atomic E-state index is 13.0. The molecule has 0 radical (unpaired) electrons. The van der Waals surface area contributed by atoms with Crippen LogP contribution in [0, 0.1) is 13.8 Å². The molecule has 30 heavy (non-hydrogen) atoms. The van der Waals surface area contributed by atoms with Crippen LogP contribution in [0.2, 0.25) is 10.0 Å². The molecule has 3 rings (SSSR count). The van der Waals surface area contributed by atoms with E-state index in [2.05, 4.69) is 15.3 Å². The first-order valence-corrected chi connectivity index (χ1v) is 10.5. The summed E-state index contributed by atoms with van der Waals surface area (Å²) in [7, 11) is 0. The Morgan fingerprint density at radius 2 is 1.97 bits per heavy atom. The summed E-state index contributed by atoms with van der Waals surface area (Å²) in [6.07, 6.45) is 1.95. The number of nitrogens with zero attached hydrogens (tertiary/aromatic N) is 2. The predicted molar refractivity (Wildman–Crippen MR) is 120 cm³/mol. The lowest BCUT2D eigenvalue weighted by molar-refractivity contribution is 0.0932. The standard InChI is InChI=1S/C22H20Cl3N3O2/c1-13-6-7-15(19(25)8-13)9-17(11-23)28-22(29)21-20(12-26-14(2)27-21)30-18-5-3-4-16(24)10-18/h3-8,10,12,17H,9,11H2,1-2H3,(H,28,29)/t17-/m1/s1. The van der Waals surface area contributed by atoms with E-state index < -0.39 is 5.91 Å². The number of rotatable bonds is 7. The van der Waals surface area contributed by atoms with Crippen molar-refractivity contribution in [1.29, 1.82) is 0 Å². The van der Waals surface area contributed by atoms with E-state index in [1.165, 1.54) is 6.20 Å². The minimum atomic E-state index is -0.411. The lowest BCUT2D eigenvalue weighted by Gasteiger charge is -2.18. The molecule has 0 unspecified atom stereocenters. The summed E-state index contributed by atoms with van der Waals surface area (Å²) >= 11 is 18.5. The van der Waals surface area contributed by atoms with Crippen LogP contribution in [0.3, 0.4) is 0 Å². The summed E-state index contributed by atoms with van der Waals surface area (Å²) in [5.74, 6) is 0.949. The number of ether oxygens (including phenoxy) is 1. The maximum Gasteiger partial charge on any atom is 0.274 e. The van der Waals surface area contributed by atoms with Gasteiger partial charge in [-0.2, -0.15) is 0 Å². The second kappa shape index (κ2) is 10.1. The highest BCUT2D eigenvalue weighted by Crippen LogP contribution is 2.26. The van der Waals surface area contributed by atoms with Crippen molar-refractivity contribution in [3.8, 4) is 11.5 Å². The average molecular weight is 465 g/mol. The molecule has 0 spiro atoms. The number of benzene rings is 2. The number of halogens is 3. The molecule has 156 valence electrons. The van der Waals surface area contributed by atoms with Gasteiger partial charge in [-0.25, -0.2) is 9.97 Å².